The van der Waals surface area contributed by atoms with E-state index < -0.39 is 0 Å². The molecular weight excluding hydrogens is 230 g/mol. The van der Waals surface area contributed by atoms with Crippen LogP contribution in [0.5, 0.6) is 0 Å². The van der Waals surface area contributed by atoms with Gasteiger partial charge in [0.2, 0.25) is 0 Å². The molecule has 1 aromatic rings. The van der Waals surface area contributed by atoms with E-state index in [0.29, 0.717) is 19.1 Å². The molecule has 1 aliphatic rings. The zero-order valence-electron chi connectivity index (χ0n) is 11.5. The lowest BCUT2D eigenvalue weighted by Gasteiger charge is -2.33. The molecule has 1 N–H and O–H groups in total. The molecule has 6 nitrogen and oxygen atoms in total. The number of nitrogens with one attached hydrogen (secondary N) is 1. The van der Waals surface area contributed by atoms with Crippen molar-refractivity contribution in [3.8, 4) is 0 Å². The average molecular weight is 253 g/mol. The number of nitrogens with zero attached hydrogens (tertiary/aromatic N) is 4. The molecule has 1 fully saturated rings. The highest BCUT2D eigenvalue weighted by molar-refractivity contribution is 4.92. The Bertz CT molecular complexity index is 370. The van der Waals surface area contributed by atoms with Crippen molar-refractivity contribution in [2.75, 3.05) is 19.8 Å². The Hall–Kier alpha value is -1.01. The zero-order chi connectivity index (χ0) is 13.0. The van der Waals surface area contributed by atoms with Crippen LogP contribution in [0.2, 0.25) is 0 Å². The maximum Gasteiger partial charge on any atom is 0.165 e. The van der Waals surface area contributed by atoms with Crippen LogP contribution < -0.4 is 5.32 Å². The van der Waals surface area contributed by atoms with Crippen LogP contribution >= 0.6 is 0 Å². The molecule has 1 atom stereocenters. The largest absolute Gasteiger partial charge is 0.379 e. The Morgan fingerprint density at radius 2 is 2.33 bits per heavy atom. The molecule has 0 spiro atoms. The number of hydrogen-bond donors (Lipinski definition) is 1. The van der Waals surface area contributed by atoms with Crippen LogP contribution in [-0.2, 0) is 16.8 Å². The number of tetrazole rings is 1. The Balaban J connectivity index is 2.02. The van der Waals surface area contributed by atoms with Crippen LogP contribution in [-0.4, -0.2) is 40.0 Å². The summed E-state index contributed by atoms with van der Waals surface area (Å²) in [6.07, 6.45) is 2.13. The average Bonchev–Trinajstić information content (AvgIpc) is 2.78. The molecule has 0 amide bonds. The highest BCUT2D eigenvalue weighted by Crippen LogP contribution is 2.26. The molecule has 1 aliphatic heterocycles. The molecule has 0 radical (unpaired) electrons. The second-order valence-corrected chi connectivity index (χ2v) is 5.68. The molecule has 1 saturated heterocycles. The third kappa shape index (κ3) is 3.05. The van der Waals surface area contributed by atoms with E-state index >= 15 is 0 Å². The zero-order valence-corrected chi connectivity index (χ0v) is 11.5. The number of ether oxygens (including phenoxy) is 1. The van der Waals surface area contributed by atoms with E-state index in [9.17, 15) is 0 Å². The quantitative estimate of drug-likeness (QED) is 0.846. The first-order valence-electron chi connectivity index (χ1n) is 6.68. The Morgan fingerprint density at radius 3 is 3.00 bits per heavy atom. The Labute approximate surface area is 108 Å². The van der Waals surface area contributed by atoms with Gasteiger partial charge < -0.3 is 10.1 Å². The van der Waals surface area contributed by atoms with Crippen molar-refractivity contribution >= 4 is 0 Å². The summed E-state index contributed by atoms with van der Waals surface area (Å²) in [5.41, 5.74) is -0.101. The van der Waals surface area contributed by atoms with Crippen LogP contribution in [0.15, 0.2) is 0 Å². The van der Waals surface area contributed by atoms with E-state index in [1.807, 2.05) is 4.68 Å². The minimum Gasteiger partial charge on any atom is -0.379 e. The first-order chi connectivity index (χ1) is 8.62. The van der Waals surface area contributed by atoms with E-state index in [1.165, 1.54) is 0 Å². The van der Waals surface area contributed by atoms with Gasteiger partial charge in [-0.2, -0.15) is 0 Å². The molecule has 2 rings (SSSR count). The summed E-state index contributed by atoms with van der Waals surface area (Å²) in [7, 11) is 0. The standard InChI is InChI=1S/C12H23N5O/c1-10(2)7-13-8-11-14-15-16-17(11)12(3)5-4-6-18-9-12/h10,13H,4-9H2,1-3H3. The molecule has 0 bridgehead atoms. The van der Waals surface area contributed by atoms with Crippen LogP contribution in [0.4, 0.5) is 0 Å². The van der Waals surface area contributed by atoms with E-state index in [1.54, 1.807) is 0 Å². The minimum absolute atomic E-state index is 0.101. The summed E-state index contributed by atoms with van der Waals surface area (Å²) >= 11 is 0. The third-order valence-corrected chi connectivity index (χ3v) is 3.30. The van der Waals surface area contributed by atoms with Crippen LogP contribution in [0.3, 0.4) is 0 Å². The normalized spacial score (nSPS) is 24.7. The fraction of sp³-hybridized carbons (Fsp3) is 0.917. The van der Waals surface area contributed by atoms with Crippen molar-refractivity contribution < 1.29 is 4.74 Å². The highest BCUT2D eigenvalue weighted by atomic mass is 16.5. The Morgan fingerprint density at radius 1 is 1.50 bits per heavy atom. The fourth-order valence-electron chi connectivity index (χ4n) is 2.29. The van der Waals surface area contributed by atoms with Gasteiger partial charge in [0, 0.05) is 6.61 Å². The van der Waals surface area contributed by atoms with Crippen molar-refractivity contribution in [2.45, 2.75) is 45.7 Å². The van der Waals surface area contributed by atoms with Gasteiger partial charge >= 0.3 is 0 Å². The topological polar surface area (TPSA) is 64.9 Å². The molecule has 0 aromatic carbocycles. The van der Waals surface area contributed by atoms with Gasteiger partial charge in [0.15, 0.2) is 5.82 Å². The summed E-state index contributed by atoms with van der Waals surface area (Å²) in [6, 6.07) is 0. The van der Waals surface area contributed by atoms with Crippen molar-refractivity contribution in [1.82, 2.24) is 25.5 Å². The lowest BCUT2D eigenvalue weighted by molar-refractivity contribution is 0.00100. The van der Waals surface area contributed by atoms with Gasteiger partial charge in [0.1, 0.15) is 0 Å². The van der Waals surface area contributed by atoms with E-state index in [-0.39, 0.29) is 5.54 Å². The monoisotopic (exact) mass is 253 g/mol. The molecule has 18 heavy (non-hydrogen) atoms. The summed E-state index contributed by atoms with van der Waals surface area (Å²) < 4.78 is 7.50. The second-order valence-electron chi connectivity index (χ2n) is 5.68. The predicted molar refractivity (Wildman–Crippen MR) is 68.1 cm³/mol. The molecule has 1 unspecified atom stereocenters. The number of hydrogen-bond acceptors (Lipinski definition) is 5. The van der Waals surface area contributed by atoms with Gasteiger partial charge in [-0.25, -0.2) is 4.68 Å². The van der Waals surface area contributed by atoms with Crippen LogP contribution in [0.25, 0.3) is 0 Å². The third-order valence-electron chi connectivity index (χ3n) is 3.30. The molecule has 0 saturated carbocycles. The molecule has 1 aromatic heterocycles. The van der Waals surface area contributed by atoms with E-state index in [0.717, 1.165) is 31.8 Å². The van der Waals surface area contributed by atoms with Gasteiger partial charge in [-0.1, -0.05) is 13.8 Å². The summed E-state index contributed by atoms with van der Waals surface area (Å²) in [6.45, 7) is 9.75. The van der Waals surface area contributed by atoms with Crippen molar-refractivity contribution in [2.24, 2.45) is 5.92 Å². The summed E-state index contributed by atoms with van der Waals surface area (Å²) in [4.78, 5) is 0. The lowest BCUT2D eigenvalue weighted by atomic mass is 9.95. The van der Waals surface area contributed by atoms with Crippen molar-refractivity contribution in [3.63, 3.8) is 0 Å². The van der Waals surface area contributed by atoms with Gasteiger partial charge in [0.05, 0.1) is 18.7 Å². The highest BCUT2D eigenvalue weighted by Gasteiger charge is 2.33. The number of rotatable bonds is 5. The molecule has 102 valence electrons. The van der Waals surface area contributed by atoms with Crippen LogP contribution in [0.1, 0.15) is 39.4 Å². The molecular formula is C12H23N5O. The van der Waals surface area contributed by atoms with Crippen molar-refractivity contribution in [1.29, 1.82) is 0 Å². The second kappa shape index (κ2) is 5.75. The van der Waals surface area contributed by atoms with E-state index in [2.05, 4.69) is 41.6 Å². The fourth-order valence-corrected chi connectivity index (χ4v) is 2.29. The van der Waals surface area contributed by atoms with Gasteiger partial charge in [-0.05, 0) is 42.7 Å². The minimum atomic E-state index is -0.101. The molecule has 0 aliphatic carbocycles. The summed E-state index contributed by atoms with van der Waals surface area (Å²) in [5, 5.41) is 15.4. The SMILES string of the molecule is CC(C)CNCc1nnnn1C1(C)CCCOC1. The maximum atomic E-state index is 5.57. The first-order valence-corrected chi connectivity index (χ1v) is 6.68. The van der Waals surface area contributed by atoms with E-state index in [4.69, 9.17) is 4.74 Å². The first kappa shape index (κ1) is 13.4. The smallest absolute Gasteiger partial charge is 0.165 e. The maximum absolute atomic E-state index is 5.57. The lowest BCUT2D eigenvalue weighted by Crippen LogP contribution is -2.41. The number of aromatic nitrogens is 4. The predicted octanol–water partition coefficient (Wildman–Crippen LogP) is 0.944. The summed E-state index contributed by atoms with van der Waals surface area (Å²) in [5.74, 6) is 1.52. The Kier molecular flexibility index (Phi) is 4.29. The van der Waals surface area contributed by atoms with Gasteiger partial charge in [-0.15, -0.1) is 5.10 Å². The van der Waals surface area contributed by atoms with Crippen LogP contribution in [0, 0.1) is 5.92 Å². The molecule has 6 heteroatoms. The van der Waals surface area contributed by atoms with Crippen molar-refractivity contribution in [3.05, 3.63) is 5.82 Å². The molecule has 2 heterocycles. The van der Waals surface area contributed by atoms with Gasteiger partial charge in [-0.3, -0.25) is 0 Å². The van der Waals surface area contributed by atoms with Gasteiger partial charge in [0.25, 0.3) is 0 Å².